The van der Waals surface area contributed by atoms with Crippen LogP contribution in [0.5, 0.6) is 0 Å². The second-order valence-electron chi connectivity index (χ2n) is 4.35. The predicted octanol–water partition coefficient (Wildman–Crippen LogP) is 1.12. The van der Waals surface area contributed by atoms with Crippen LogP contribution in [0.4, 0.5) is 4.79 Å². The first-order valence-corrected chi connectivity index (χ1v) is 11.4. The summed E-state index contributed by atoms with van der Waals surface area (Å²) in [4.78, 5) is 11.7. The molecule has 138 valence electrons. The molecule has 0 aliphatic rings. The quantitative estimate of drug-likeness (QED) is 0.459. The molecule has 0 rings (SSSR count). The number of amides is 1. The third kappa shape index (κ3) is 10.5. The molecule has 24 heavy (non-hydrogen) atoms. The Labute approximate surface area is 150 Å². The van der Waals surface area contributed by atoms with Gasteiger partial charge < -0.3 is 23.3 Å². The van der Waals surface area contributed by atoms with Crippen molar-refractivity contribution in [2.75, 3.05) is 26.4 Å². The van der Waals surface area contributed by atoms with E-state index in [0.29, 0.717) is 26.2 Å². The molecule has 1 atom stereocenters. The number of carbonyl (C=O) groups is 1. The van der Waals surface area contributed by atoms with Gasteiger partial charge in [-0.15, -0.1) is 18.8 Å². The van der Waals surface area contributed by atoms with E-state index in [0.717, 1.165) is 16.3 Å². The second-order valence-corrected chi connectivity index (χ2v) is 7.82. The van der Waals surface area contributed by atoms with E-state index in [1.807, 2.05) is 27.7 Å². The van der Waals surface area contributed by atoms with Crippen molar-refractivity contribution in [2.24, 2.45) is 0 Å². The van der Waals surface area contributed by atoms with Gasteiger partial charge in [-0.3, -0.25) is 0 Å². The van der Waals surface area contributed by atoms with Crippen LogP contribution in [0.25, 0.3) is 0 Å². The smallest absolute Gasteiger partial charge is 0.436 e. The molecule has 0 saturated heterocycles. The summed E-state index contributed by atoms with van der Waals surface area (Å²) in [6.45, 7) is 8.78. The highest BCUT2D eigenvalue weighted by molar-refractivity contribution is 6.62. The number of nitrogens with one attached hydrogen (secondary N) is 1. The Hall–Kier alpha value is -1.30. The van der Waals surface area contributed by atoms with Gasteiger partial charge in [0.1, 0.15) is 5.67 Å². The lowest BCUT2D eigenvalue weighted by atomic mass is 10.5. The maximum Gasteiger partial charge on any atom is 0.524 e. The molecule has 1 amide bonds. The fourth-order valence-electron chi connectivity index (χ4n) is 1.76. The zero-order valence-electron chi connectivity index (χ0n) is 15.5. The van der Waals surface area contributed by atoms with Crippen LogP contribution in [0.1, 0.15) is 34.1 Å². The van der Waals surface area contributed by atoms with Crippen molar-refractivity contribution in [1.82, 2.24) is 5.32 Å². The predicted molar refractivity (Wildman–Crippen MR) is 102 cm³/mol. The summed E-state index contributed by atoms with van der Waals surface area (Å²) in [6, 6.07) is 0.986. The fraction of sp³-hybridized carbons (Fsp3) is 0.688. The molecule has 0 aliphatic heterocycles. The van der Waals surface area contributed by atoms with Crippen molar-refractivity contribution in [3.63, 3.8) is 0 Å². The lowest BCUT2D eigenvalue weighted by molar-refractivity contribution is 0.0559. The Balaban J connectivity index is 0. The molecule has 0 saturated carbocycles. The summed E-state index contributed by atoms with van der Waals surface area (Å²) in [5.41, 5.74) is -0.368. The van der Waals surface area contributed by atoms with Crippen molar-refractivity contribution in [2.45, 2.75) is 45.8 Å². The highest BCUT2D eigenvalue weighted by atomic mass is 28.4. The number of rotatable bonds is 10. The van der Waals surface area contributed by atoms with Gasteiger partial charge in [-0.1, -0.05) is 12.8 Å². The van der Waals surface area contributed by atoms with E-state index in [4.69, 9.17) is 30.9 Å². The zero-order valence-corrected chi connectivity index (χ0v) is 18.5. The van der Waals surface area contributed by atoms with Gasteiger partial charge in [0.2, 0.25) is 0 Å². The van der Waals surface area contributed by atoms with Gasteiger partial charge in [0.15, 0.2) is 6.61 Å². The van der Waals surface area contributed by atoms with E-state index in [1.165, 1.54) is 0 Å². The number of ether oxygens (including phenoxy) is 1. The van der Waals surface area contributed by atoms with Crippen LogP contribution in [0.2, 0.25) is 6.04 Å². The molecule has 8 heteroatoms. The van der Waals surface area contributed by atoms with Crippen molar-refractivity contribution in [3.05, 3.63) is 0 Å². The monoisotopic (exact) mass is 373 g/mol. The average molecular weight is 374 g/mol. The van der Waals surface area contributed by atoms with E-state index in [1.54, 1.807) is 0 Å². The maximum absolute atomic E-state index is 11.7. The Bertz CT molecular complexity index is 389. The van der Waals surface area contributed by atoms with Crippen LogP contribution < -0.4 is 5.32 Å². The van der Waals surface area contributed by atoms with Crippen LogP contribution in [-0.4, -0.2) is 57.2 Å². The summed E-state index contributed by atoms with van der Waals surface area (Å²) < 4.78 is 22.1. The molecule has 0 aromatic carbocycles. The third-order valence-corrected chi connectivity index (χ3v) is 6.54. The minimum atomic E-state index is -2.99. The molecule has 0 aliphatic carbocycles. The van der Waals surface area contributed by atoms with Crippen molar-refractivity contribution >= 4 is 25.1 Å². The van der Waals surface area contributed by atoms with E-state index in [9.17, 15) is 4.79 Å². The molecule has 1 N–H and O–H groups in total. The van der Waals surface area contributed by atoms with E-state index in [-0.39, 0.29) is 12.3 Å². The normalized spacial score (nSPS) is 11.4. The topological polar surface area (TPSA) is 66.0 Å². The summed E-state index contributed by atoms with van der Waals surface area (Å²) >= 11 is 0. The summed E-state index contributed by atoms with van der Waals surface area (Å²) in [5.74, 6) is 4.73. The first-order chi connectivity index (χ1) is 11.5. The Morgan fingerprint density at radius 2 is 1.54 bits per heavy atom. The molecular formula is C16H31NO5Si2. The Morgan fingerprint density at radius 1 is 1.08 bits per heavy atom. The minimum absolute atomic E-state index is 0.0747. The fourth-order valence-corrected chi connectivity index (χ4v) is 4.62. The largest absolute Gasteiger partial charge is 0.524 e. The Kier molecular flexibility index (Phi) is 17.2. The number of terminal acetylenes is 2. The number of hydrogen-bond donors (Lipinski definition) is 1. The van der Waals surface area contributed by atoms with Gasteiger partial charge >= 0.3 is 14.9 Å². The number of hydrogen-bond acceptors (Lipinski definition) is 5. The second kappa shape index (κ2) is 16.6. The molecule has 0 aromatic heterocycles. The van der Waals surface area contributed by atoms with Crippen LogP contribution in [0.15, 0.2) is 0 Å². The standard InChI is InChI=1S/C13H25NO5Si.C3H6Si/c1-6-11-16-13(15)14-12(7-2)20(17-8-3,18-9-4)19-10-5;1-2-3-4/h1,12H,7-11H2,2-5H3,(H,14,15);1H,3H2,4H3. The molecule has 0 spiro atoms. The van der Waals surface area contributed by atoms with Crippen molar-refractivity contribution in [1.29, 1.82) is 0 Å². The average Bonchev–Trinajstić information content (AvgIpc) is 2.58. The molecule has 0 heterocycles. The first kappa shape index (κ1) is 24.9. The zero-order chi connectivity index (χ0) is 18.8. The molecule has 0 radical (unpaired) electrons. The van der Waals surface area contributed by atoms with E-state index < -0.39 is 14.9 Å². The molecule has 0 bridgehead atoms. The van der Waals surface area contributed by atoms with Gasteiger partial charge in [0.25, 0.3) is 0 Å². The summed E-state index contributed by atoms with van der Waals surface area (Å²) in [6.07, 6.45) is 9.88. The maximum atomic E-state index is 11.7. The van der Waals surface area contributed by atoms with Gasteiger partial charge in [-0.25, -0.2) is 4.79 Å². The molecule has 0 fully saturated rings. The minimum Gasteiger partial charge on any atom is -0.436 e. The van der Waals surface area contributed by atoms with Crippen molar-refractivity contribution in [3.8, 4) is 24.7 Å². The Morgan fingerprint density at radius 3 is 1.83 bits per heavy atom. The number of carbonyl (C=O) groups excluding carboxylic acids is 1. The van der Waals surface area contributed by atoms with Gasteiger partial charge in [0.05, 0.1) is 0 Å². The highest BCUT2D eigenvalue weighted by Crippen LogP contribution is 2.18. The molecule has 6 nitrogen and oxygen atoms in total. The van der Waals surface area contributed by atoms with Gasteiger partial charge in [-0.05, 0) is 33.2 Å². The SMILES string of the molecule is C#CCOC(=O)NC(CC)[Si](OCC)(OCC)OCC.C#CC[SiH3]. The third-order valence-electron chi connectivity index (χ3n) is 2.65. The van der Waals surface area contributed by atoms with Crippen LogP contribution in [-0.2, 0) is 18.0 Å². The van der Waals surface area contributed by atoms with E-state index >= 15 is 0 Å². The van der Waals surface area contributed by atoms with Crippen LogP contribution >= 0.6 is 0 Å². The lowest BCUT2D eigenvalue weighted by Crippen LogP contribution is -2.62. The number of alkyl carbamates (subject to hydrolysis) is 1. The summed E-state index contributed by atoms with van der Waals surface area (Å²) in [5, 5.41) is 2.73. The molecular weight excluding hydrogens is 342 g/mol. The van der Waals surface area contributed by atoms with Crippen LogP contribution in [0.3, 0.4) is 0 Å². The molecule has 1 unspecified atom stereocenters. The summed E-state index contributed by atoms with van der Waals surface area (Å²) in [7, 11) is -1.84. The lowest BCUT2D eigenvalue weighted by Gasteiger charge is -2.34. The van der Waals surface area contributed by atoms with Crippen molar-refractivity contribution < 1.29 is 22.8 Å². The first-order valence-electron chi connectivity index (χ1n) is 8.23. The highest BCUT2D eigenvalue weighted by Gasteiger charge is 2.49. The van der Waals surface area contributed by atoms with E-state index in [2.05, 4.69) is 17.2 Å². The van der Waals surface area contributed by atoms with Crippen LogP contribution in [0, 0.1) is 24.7 Å². The molecule has 0 aromatic rings. The van der Waals surface area contributed by atoms with Gasteiger partial charge in [0, 0.05) is 30.1 Å². The van der Waals surface area contributed by atoms with Gasteiger partial charge in [-0.2, -0.15) is 0 Å².